The Kier molecular flexibility index (Phi) is 5.23. The van der Waals surface area contributed by atoms with Crippen molar-refractivity contribution in [2.45, 2.75) is 58.3 Å². The van der Waals surface area contributed by atoms with Crippen molar-refractivity contribution in [2.24, 2.45) is 0 Å². The Hall–Kier alpha value is -1.06. The van der Waals surface area contributed by atoms with Gasteiger partial charge in [-0.3, -0.25) is 0 Å². The molecule has 2 rings (SSSR count). The molecule has 0 bridgehead atoms. The second-order valence-corrected chi connectivity index (χ2v) is 5.78. The minimum atomic E-state index is 0.227. The van der Waals surface area contributed by atoms with Crippen LogP contribution in [0.5, 0.6) is 5.75 Å². The lowest BCUT2D eigenvalue weighted by Gasteiger charge is -2.15. The second-order valence-electron chi connectivity index (χ2n) is 5.78. The van der Waals surface area contributed by atoms with E-state index >= 15 is 0 Å². The maximum absolute atomic E-state index is 5.71. The van der Waals surface area contributed by atoms with Gasteiger partial charge in [-0.15, -0.1) is 0 Å². The van der Waals surface area contributed by atoms with Crippen LogP contribution in [0.15, 0.2) is 24.3 Å². The Morgan fingerprint density at radius 2 is 2.05 bits per heavy atom. The lowest BCUT2D eigenvalue weighted by molar-refractivity contribution is 0.242. The molecule has 1 aliphatic rings. The molecule has 1 saturated carbocycles. The SMILES string of the molecule is CC(CNC1CC1)NCc1cccc(OC(C)C)c1. The second kappa shape index (κ2) is 6.92. The number of benzene rings is 1. The molecule has 1 aromatic rings. The Balaban J connectivity index is 1.74. The molecule has 1 aliphatic carbocycles. The summed E-state index contributed by atoms with van der Waals surface area (Å²) in [6, 6.07) is 9.61. The summed E-state index contributed by atoms with van der Waals surface area (Å²) in [5.74, 6) is 0.957. The number of hydrogen-bond donors (Lipinski definition) is 2. The lowest BCUT2D eigenvalue weighted by Crippen LogP contribution is -2.36. The summed E-state index contributed by atoms with van der Waals surface area (Å²) in [4.78, 5) is 0. The molecule has 0 saturated heterocycles. The van der Waals surface area contributed by atoms with Gasteiger partial charge in [-0.1, -0.05) is 12.1 Å². The predicted octanol–water partition coefficient (Wildman–Crippen LogP) is 2.70. The van der Waals surface area contributed by atoms with Gasteiger partial charge in [-0.25, -0.2) is 0 Å². The molecule has 2 N–H and O–H groups in total. The molecule has 1 unspecified atom stereocenters. The maximum Gasteiger partial charge on any atom is 0.120 e. The van der Waals surface area contributed by atoms with Crippen molar-refractivity contribution >= 4 is 0 Å². The van der Waals surface area contributed by atoms with Crippen LogP contribution in [0, 0.1) is 0 Å². The van der Waals surface area contributed by atoms with Crippen LogP contribution in [-0.2, 0) is 6.54 Å². The van der Waals surface area contributed by atoms with Crippen molar-refractivity contribution in [3.05, 3.63) is 29.8 Å². The molecule has 1 fully saturated rings. The standard InChI is InChI=1S/C16H26N2O/c1-12(2)19-16-6-4-5-14(9-16)11-17-13(3)10-18-15-7-8-15/h4-6,9,12-13,15,17-18H,7-8,10-11H2,1-3H3. The van der Waals surface area contributed by atoms with E-state index < -0.39 is 0 Å². The molecule has 0 heterocycles. The van der Waals surface area contributed by atoms with E-state index in [-0.39, 0.29) is 6.10 Å². The summed E-state index contributed by atoms with van der Waals surface area (Å²) in [6.07, 6.45) is 2.92. The van der Waals surface area contributed by atoms with E-state index in [0.717, 1.165) is 24.9 Å². The first-order chi connectivity index (χ1) is 9.13. The van der Waals surface area contributed by atoms with E-state index in [4.69, 9.17) is 4.74 Å². The van der Waals surface area contributed by atoms with Gasteiger partial charge in [0.2, 0.25) is 0 Å². The van der Waals surface area contributed by atoms with Crippen LogP contribution in [0.25, 0.3) is 0 Å². The van der Waals surface area contributed by atoms with Gasteiger partial charge in [0.05, 0.1) is 6.10 Å². The first-order valence-electron chi connectivity index (χ1n) is 7.36. The minimum absolute atomic E-state index is 0.227. The molecule has 3 nitrogen and oxygen atoms in total. The maximum atomic E-state index is 5.71. The van der Waals surface area contributed by atoms with Crippen molar-refractivity contribution in [1.82, 2.24) is 10.6 Å². The Morgan fingerprint density at radius 3 is 2.74 bits per heavy atom. The predicted molar refractivity (Wildman–Crippen MR) is 79.5 cm³/mol. The van der Waals surface area contributed by atoms with E-state index in [1.165, 1.54) is 18.4 Å². The quantitative estimate of drug-likeness (QED) is 0.756. The molecule has 3 heteroatoms. The van der Waals surface area contributed by atoms with E-state index in [2.05, 4.69) is 49.6 Å². The third-order valence-corrected chi connectivity index (χ3v) is 3.21. The number of nitrogens with one attached hydrogen (secondary N) is 2. The number of ether oxygens (including phenoxy) is 1. The summed E-state index contributed by atoms with van der Waals surface area (Å²) in [6.45, 7) is 8.27. The van der Waals surface area contributed by atoms with Crippen LogP contribution in [0.4, 0.5) is 0 Å². The average molecular weight is 262 g/mol. The van der Waals surface area contributed by atoms with Crippen molar-refractivity contribution < 1.29 is 4.74 Å². The zero-order valence-electron chi connectivity index (χ0n) is 12.3. The Labute approximate surface area is 116 Å². The van der Waals surface area contributed by atoms with Gasteiger partial charge in [-0.2, -0.15) is 0 Å². The van der Waals surface area contributed by atoms with Crippen LogP contribution in [0.1, 0.15) is 39.2 Å². The molecule has 0 aliphatic heterocycles. The highest BCUT2D eigenvalue weighted by Gasteiger charge is 2.20. The van der Waals surface area contributed by atoms with E-state index in [9.17, 15) is 0 Å². The normalized spacial score (nSPS) is 16.6. The van der Waals surface area contributed by atoms with Crippen molar-refractivity contribution in [3.8, 4) is 5.75 Å². The summed E-state index contributed by atoms with van der Waals surface area (Å²) in [5, 5.41) is 7.09. The summed E-state index contributed by atoms with van der Waals surface area (Å²) < 4.78 is 5.71. The van der Waals surface area contributed by atoms with Crippen LogP contribution < -0.4 is 15.4 Å². The van der Waals surface area contributed by atoms with Crippen LogP contribution in [0.3, 0.4) is 0 Å². The Morgan fingerprint density at radius 1 is 1.26 bits per heavy atom. The topological polar surface area (TPSA) is 33.3 Å². The van der Waals surface area contributed by atoms with Gasteiger partial charge < -0.3 is 15.4 Å². The smallest absolute Gasteiger partial charge is 0.120 e. The molecule has 106 valence electrons. The summed E-state index contributed by atoms with van der Waals surface area (Å²) >= 11 is 0. The van der Waals surface area contributed by atoms with Crippen molar-refractivity contribution in [2.75, 3.05) is 6.54 Å². The largest absolute Gasteiger partial charge is 0.491 e. The molecule has 0 amide bonds. The molecule has 0 radical (unpaired) electrons. The monoisotopic (exact) mass is 262 g/mol. The van der Waals surface area contributed by atoms with Crippen molar-refractivity contribution in [3.63, 3.8) is 0 Å². The van der Waals surface area contributed by atoms with E-state index in [1.807, 2.05) is 6.07 Å². The fourth-order valence-corrected chi connectivity index (χ4v) is 2.00. The highest BCUT2D eigenvalue weighted by Crippen LogP contribution is 2.18. The molecular weight excluding hydrogens is 236 g/mol. The van der Waals surface area contributed by atoms with Crippen LogP contribution in [0.2, 0.25) is 0 Å². The highest BCUT2D eigenvalue weighted by molar-refractivity contribution is 5.28. The third kappa shape index (κ3) is 5.62. The summed E-state index contributed by atoms with van der Waals surface area (Å²) in [5.41, 5.74) is 1.27. The van der Waals surface area contributed by atoms with Gasteiger partial charge in [0, 0.05) is 25.2 Å². The first kappa shape index (κ1) is 14.4. The van der Waals surface area contributed by atoms with Gasteiger partial charge in [0.1, 0.15) is 5.75 Å². The molecule has 0 spiro atoms. The summed E-state index contributed by atoms with van der Waals surface area (Å²) in [7, 11) is 0. The Bertz CT molecular complexity index is 388. The van der Waals surface area contributed by atoms with Gasteiger partial charge in [0.25, 0.3) is 0 Å². The number of hydrogen-bond acceptors (Lipinski definition) is 3. The first-order valence-corrected chi connectivity index (χ1v) is 7.36. The zero-order chi connectivity index (χ0) is 13.7. The average Bonchev–Trinajstić information content (AvgIpc) is 3.17. The minimum Gasteiger partial charge on any atom is -0.491 e. The molecule has 1 aromatic carbocycles. The van der Waals surface area contributed by atoms with Gasteiger partial charge >= 0.3 is 0 Å². The zero-order valence-corrected chi connectivity index (χ0v) is 12.3. The molecule has 19 heavy (non-hydrogen) atoms. The fraction of sp³-hybridized carbons (Fsp3) is 0.625. The molecule has 1 atom stereocenters. The molecule has 0 aromatic heterocycles. The van der Waals surface area contributed by atoms with Crippen LogP contribution >= 0.6 is 0 Å². The number of rotatable bonds is 8. The van der Waals surface area contributed by atoms with E-state index in [0.29, 0.717) is 6.04 Å². The van der Waals surface area contributed by atoms with Crippen LogP contribution in [-0.4, -0.2) is 24.7 Å². The molecular formula is C16H26N2O. The third-order valence-electron chi connectivity index (χ3n) is 3.21. The van der Waals surface area contributed by atoms with E-state index in [1.54, 1.807) is 0 Å². The highest BCUT2D eigenvalue weighted by atomic mass is 16.5. The lowest BCUT2D eigenvalue weighted by atomic mass is 10.2. The van der Waals surface area contributed by atoms with Crippen molar-refractivity contribution in [1.29, 1.82) is 0 Å². The van der Waals surface area contributed by atoms with Gasteiger partial charge in [0.15, 0.2) is 0 Å². The van der Waals surface area contributed by atoms with Gasteiger partial charge in [-0.05, 0) is 51.3 Å². The fourth-order valence-electron chi connectivity index (χ4n) is 2.00.